The average Bonchev–Trinajstić information content (AvgIpc) is 3.29. The second-order valence-electron chi connectivity index (χ2n) is 12.8. The number of H-pyrrole nitrogens is 1. The third-order valence-electron chi connectivity index (χ3n) is 6.83. The molecule has 8 heteroatoms. The Morgan fingerprint density at radius 2 is 1.68 bits per heavy atom. The highest BCUT2D eigenvalue weighted by Gasteiger charge is 2.36. The summed E-state index contributed by atoms with van der Waals surface area (Å²) in [7, 11) is 0. The van der Waals surface area contributed by atoms with Gasteiger partial charge in [0.15, 0.2) is 0 Å². The zero-order valence-electron chi connectivity index (χ0n) is 25.4. The molecule has 41 heavy (non-hydrogen) atoms. The van der Waals surface area contributed by atoms with Crippen molar-refractivity contribution in [1.82, 2.24) is 20.2 Å². The summed E-state index contributed by atoms with van der Waals surface area (Å²) in [6, 6.07) is 16.7. The number of ether oxygens (including phenoxy) is 2. The second kappa shape index (κ2) is 12.4. The first-order valence-corrected chi connectivity index (χ1v) is 14.5. The zero-order chi connectivity index (χ0) is 29.8. The van der Waals surface area contributed by atoms with Gasteiger partial charge in [-0.3, -0.25) is 4.79 Å². The summed E-state index contributed by atoms with van der Waals surface area (Å²) in [5, 5.41) is 2.87. The summed E-state index contributed by atoms with van der Waals surface area (Å²) < 4.78 is 11.5. The molecule has 1 aliphatic rings. The standard InChI is InChI=1S/C33H44N4O4/c1-22-28(24-13-9-8-10-14-24)36-29(34-22)27-15-11-12-20-37(27)30(38)26(35-31(39)41-33(5,6)7)21-23-16-18-25(19-17-23)40-32(2,3)4/h8-10,13-14,16-19,26-27H,11-12,15,20-21H2,1-7H3,(H,34,36)(H,35,39)/t26-,27-/m0/s1. The van der Waals surface area contributed by atoms with Crippen molar-refractivity contribution in [3.63, 3.8) is 0 Å². The monoisotopic (exact) mass is 560 g/mol. The fourth-order valence-electron chi connectivity index (χ4n) is 5.13. The number of rotatable bonds is 7. The van der Waals surface area contributed by atoms with Crippen molar-refractivity contribution in [2.24, 2.45) is 0 Å². The molecule has 0 bridgehead atoms. The Kier molecular flexibility index (Phi) is 9.10. The maximum absolute atomic E-state index is 14.2. The van der Waals surface area contributed by atoms with Gasteiger partial charge in [0, 0.05) is 24.2 Å². The summed E-state index contributed by atoms with van der Waals surface area (Å²) in [5.74, 6) is 1.38. The summed E-state index contributed by atoms with van der Waals surface area (Å²) in [6.07, 6.45) is 2.39. The molecule has 1 saturated heterocycles. The maximum Gasteiger partial charge on any atom is 0.408 e. The molecule has 4 rings (SSSR count). The van der Waals surface area contributed by atoms with Crippen LogP contribution in [0.1, 0.15) is 83.9 Å². The highest BCUT2D eigenvalue weighted by atomic mass is 16.6. The predicted octanol–water partition coefficient (Wildman–Crippen LogP) is 6.75. The normalized spacial score (nSPS) is 16.7. The van der Waals surface area contributed by atoms with Gasteiger partial charge in [-0.2, -0.15) is 0 Å². The van der Waals surface area contributed by atoms with Crippen LogP contribution in [-0.2, 0) is 16.0 Å². The third-order valence-corrected chi connectivity index (χ3v) is 6.83. The van der Waals surface area contributed by atoms with Crippen molar-refractivity contribution in [2.75, 3.05) is 6.54 Å². The van der Waals surface area contributed by atoms with Crippen molar-refractivity contribution in [3.8, 4) is 17.0 Å². The molecule has 8 nitrogen and oxygen atoms in total. The van der Waals surface area contributed by atoms with E-state index in [4.69, 9.17) is 14.5 Å². The van der Waals surface area contributed by atoms with Gasteiger partial charge in [-0.1, -0.05) is 42.5 Å². The number of nitrogens with one attached hydrogen (secondary N) is 2. The fraction of sp³-hybridized carbons (Fsp3) is 0.485. The van der Waals surface area contributed by atoms with Crippen LogP contribution in [0.15, 0.2) is 54.6 Å². The minimum Gasteiger partial charge on any atom is -0.488 e. The molecule has 2 atom stereocenters. The quantitative estimate of drug-likeness (QED) is 0.333. The van der Waals surface area contributed by atoms with Gasteiger partial charge in [0.05, 0.1) is 11.7 Å². The highest BCUT2D eigenvalue weighted by molar-refractivity contribution is 5.86. The Morgan fingerprint density at radius 3 is 2.32 bits per heavy atom. The molecule has 2 heterocycles. The van der Waals surface area contributed by atoms with Crippen LogP contribution in [0, 0.1) is 6.92 Å². The molecule has 0 radical (unpaired) electrons. The molecule has 220 valence electrons. The number of carbonyl (C=O) groups excluding carboxylic acids is 2. The number of carbonyl (C=O) groups is 2. The summed E-state index contributed by atoms with van der Waals surface area (Å²) in [5.41, 5.74) is 2.80. The van der Waals surface area contributed by atoms with Gasteiger partial charge in [0.2, 0.25) is 5.91 Å². The lowest BCUT2D eigenvalue weighted by molar-refractivity contribution is -0.137. The third kappa shape index (κ3) is 8.35. The van der Waals surface area contributed by atoms with Gasteiger partial charge in [-0.25, -0.2) is 9.78 Å². The SMILES string of the molecule is Cc1[nH]c([C@@H]2CCCCN2C(=O)[C@H](Cc2ccc(OC(C)(C)C)cc2)NC(=O)OC(C)(C)C)nc1-c1ccccc1. The van der Waals surface area contributed by atoms with Crippen molar-refractivity contribution >= 4 is 12.0 Å². The molecule has 0 unspecified atom stereocenters. The lowest BCUT2D eigenvalue weighted by Gasteiger charge is -2.37. The highest BCUT2D eigenvalue weighted by Crippen LogP contribution is 2.33. The molecule has 1 aromatic heterocycles. The van der Waals surface area contributed by atoms with E-state index >= 15 is 0 Å². The summed E-state index contributed by atoms with van der Waals surface area (Å²) in [4.78, 5) is 37.3. The van der Waals surface area contributed by atoms with E-state index in [-0.39, 0.29) is 17.6 Å². The van der Waals surface area contributed by atoms with Crippen LogP contribution in [0.3, 0.4) is 0 Å². The van der Waals surface area contributed by atoms with Crippen LogP contribution < -0.4 is 10.1 Å². The number of hydrogen-bond donors (Lipinski definition) is 2. The van der Waals surface area contributed by atoms with Crippen molar-refractivity contribution < 1.29 is 19.1 Å². The first-order valence-electron chi connectivity index (χ1n) is 14.5. The molecule has 1 aliphatic heterocycles. The lowest BCUT2D eigenvalue weighted by Crippen LogP contribution is -2.52. The van der Waals surface area contributed by atoms with E-state index < -0.39 is 17.7 Å². The number of aromatic nitrogens is 2. The summed E-state index contributed by atoms with van der Waals surface area (Å²) in [6.45, 7) is 14.0. The zero-order valence-corrected chi connectivity index (χ0v) is 25.4. The molecule has 2 amide bonds. The van der Waals surface area contributed by atoms with Gasteiger partial charge in [0.25, 0.3) is 0 Å². The van der Waals surface area contributed by atoms with Crippen LogP contribution in [0.25, 0.3) is 11.3 Å². The number of hydrogen-bond acceptors (Lipinski definition) is 5. The number of alkyl carbamates (subject to hydrolysis) is 1. The van der Waals surface area contributed by atoms with Gasteiger partial charge in [0.1, 0.15) is 28.8 Å². The molecule has 2 aromatic carbocycles. The Balaban J connectivity index is 1.59. The minimum atomic E-state index is -0.801. The van der Waals surface area contributed by atoms with E-state index in [1.54, 1.807) is 0 Å². The Labute approximate surface area is 243 Å². The number of aromatic amines is 1. The number of amides is 2. The number of nitrogens with zero attached hydrogens (tertiary/aromatic N) is 2. The molecule has 3 aromatic rings. The number of likely N-dealkylation sites (tertiary alicyclic amines) is 1. The van der Waals surface area contributed by atoms with Gasteiger partial charge in [-0.05, 0) is 85.4 Å². The molecular formula is C33H44N4O4. The molecular weight excluding hydrogens is 516 g/mol. The van der Waals surface area contributed by atoms with E-state index in [0.29, 0.717) is 13.0 Å². The first-order chi connectivity index (χ1) is 19.3. The van der Waals surface area contributed by atoms with Crippen molar-refractivity contribution in [2.45, 2.75) is 97.4 Å². The van der Waals surface area contributed by atoms with E-state index in [1.807, 2.05) is 108 Å². The van der Waals surface area contributed by atoms with E-state index in [1.165, 1.54) is 0 Å². The maximum atomic E-state index is 14.2. The Morgan fingerprint density at radius 1 is 1.00 bits per heavy atom. The van der Waals surface area contributed by atoms with Gasteiger partial charge >= 0.3 is 6.09 Å². The van der Waals surface area contributed by atoms with Crippen LogP contribution in [0.4, 0.5) is 4.79 Å². The fourth-order valence-corrected chi connectivity index (χ4v) is 5.13. The number of imidazole rings is 1. The molecule has 0 spiro atoms. The Bertz CT molecular complexity index is 1320. The van der Waals surface area contributed by atoms with E-state index in [2.05, 4.69) is 10.3 Å². The lowest BCUT2D eigenvalue weighted by atomic mass is 9.98. The van der Waals surface area contributed by atoms with Gasteiger partial charge in [-0.15, -0.1) is 0 Å². The number of piperidine rings is 1. The van der Waals surface area contributed by atoms with Crippen molar-refractivity contribution in [1.29, 1.82) is 0 Å². The molecule has 2 N–H and O–H groups in total. The predicted molar refractivity (Wildman–Crippen MR) is 161 cm³/mol. The molecule has 1 fully saturated rings. The second-order valence-corrected chi connectivity index (χ2v) is 12.8. The van der Waals surface area contributed by atoms with Crippen LogP contribution in [-0.4, -0.2) is 50.7 Å². The smallest absolute Gasteiger partial charge is 0.408 e. The average molecular weight is 561 g/mol. The largest absolute Gasteiger partial charge is 0.488 e. The molecule has 0 saturated carbocycles. The van der Waals surface area contributed by atoms with Crippen LogP contribution in [0.2, 0.25) is 0 Å². The van der Waals surface area contributed by atoms with Crippen molar-refractivity contribution in [3.05, 3.63) is 71.7 Å². The number of aryl methyl sites for hydroxylation is 1. The molecule has 0 aliphatic carbocycles. The van der Waals surface area contributed by atoms with Gasteiger partial charge < -0.3 is 24.7 Å². The number of benzene rings is 2. The van der Waals surface area contributed by atoms with Crippen LogP contribution in [0.5, 0.6) is 5.75 Å². The van der Waals surface area contributed by atoms with E-state index in [0.717, 1.165) is 53.4 Å². The first kappa shape index (κ1) is 30.2. The van der Waals surface area contributed by atoms with E-state index in [9.17, 15) is 9.59 Å². The minimum absolute atomic E-state index is 0.147. The van der Waals surface area contributed by atoms with Crippen LogP contribution >= 0.6 is 0 Å². The summed E-state index contributed by atoms with van der Waals surface area (Å²) >= 11 is 0. The Hall–Kier alpha value is -3.81. The topological polar surface area (TPSA) is 96.6 Å².